The van der Waals surface area contributed by atoms with Crippen molar-refractivity contribution in [2.45, 2.75) is 12.5 Å². The van der Waals surface area contributed by atoms with E-state index >= 15 is 0 Å². The van der Waals surface area contributed by atoms with Crippen LogP contribution in [0, 0.1) is 15.9 Å². The summed E-state index contributed by atoms with van der Waals surface area (Å²) >= 11 is 5.90. The Morgan fingerprint density at radius 3 is 2.93 bits per heavy atom. The monoisotopic (exact) mass is 391 g/mol. The summed E-state index contributed by atoms with van der Waals surface area (Å²) in [6.07, 6.45) is 2.02. The van der Waals surface area contributed by atoms with E-state index in [-0.39, 0.29) is 29.2 Å². The number of nitro benzene ring substituents is 1. The fourth-order valence-corrected chi connectivity index (χ4v) is 3.28. The average molecular weight is 392 g/mol. The second kappa shape index (κ2) is 7.13. The van der Waals surface area contributed by atoms with Gasteiger partial charge < -0.3 is 14.4 Å². The lowest BCUT2D eigenvalue weighted by Gasteiger charge is -2.28. The Hall–Kier alpha value is -2.71. The highest BCUT2D eigenvalue weighted by atomic mass is 35.5. The van der Waals surface area contributed by atoms with Gasteiger partial charge in [-0.15, -0.1) is 0 Å². The van der Waals surface area contributed by atoms with Crippen molar-refractivity contribution in [1.82, 2.24) is 0 Å². The molecule has 0 N–H and O–H groups in total. The van der Waals surface area contributed by atoms with Gasteiger partial charge >= 0.3 is 5.69 Å². The van der Waals surface area contributed by atoms with Gasteiger partial charge in [0.1, 0.15) is 18.6 Å². The van der Waals surface area contributed by atoms with Crippen LogP contribution in [0.4, 0.5) is 21.5 Å². The van der Waals surface area contributed by atoms with Gasteiger partial charge in [-0.2, -0.15) is 0 Å². The van der Waals surface area contributed by atoms with Crippen LogP contribution >= 0.6 is 11.6 Å². The van der Waals surface area contributed by atoms with Crippen LogP contribution in [-0.2, 0) is 4.74 Å². The Bertz CT molecular complexity index is 931. The number of hydrogen-bond acceptors (Lipinski definition) is 6. The highest BCUT2D eigenvalue weighted by Crippen LogP contribution is 2.40. The first-order chi connectivity index (χ1) is 13.0. The van der Waals surface area contributed by atoms with Crippen molar-refractivity contribution in [3.63, 3.8) is 0 Å². The molecule has 2 aromatic rings. The minimum atomic E-state index is -0.518. The Morgan fingerprint density at radius 1 is 1.37 bits per heavy atom. The molecule has 0 radical (unpaired) electrons. The van der Waals surface area contributed by atoms with Crippen LogP contribution in [0.1, 0.15) is 12.0 Å². The molecule has 0 unspecified atom stereocenters. The van der Waals surface area contributed by atoms with E-state index in [9.17, 15) is 14.5 Å². The topological polar surface area (TPSA) is 77.2 Å². The van der Waals surface area contributed by atoms with Crippen molar-refractivity contribution in [3.05, 3.63) is 56.8 Å². The second-order valence-electron chi connectivity index (χ2n) is 6.22. The van der Waals surface area contributed by atoms with Crippen LogP contribution in [-0.4, -0.2) is 37.1 Å². The van der Waals surface area contributed by atoms with E-state index in [0.717, 1.165) is 0 Å². The lowest BCUT2D eigenvalue weighted by Crippen LogP contribution is -2.23. The lowest BCUT2D eigenvalue weighted by atomic mass is 10.1. The predicted molar refractivity (Wildman–Crippen MR) is 99.0 cm³/mol. The fourth-order valence-electron chi connectivity index (χ4n) is 3.10. The number of aliphatic imine (C=N–C) groups is 1. The number of halogens is 2. The minimum Gasteiger partial charge on any atom is -0.481 e. The zero-order chi connectivity index (χ0) is 19.0. The number of fused-ring (bicyclic) bond motifs is 1. The van der Waals surface area contributed by atoms with Crippen LogP contribution in [0.2, 0.25) is 5.02 Å². The molecule has 4 rings (SSSR count). The van der Waals surface area contributed by atoms with E-state index in [4.69, 9.17) is 21.1 Å². The maximum atomic E-state index is 13.5. The Morgan fingerprint density at radius 2 is 2.22 bits per heavy atom. The molecule has 7 nitrogen and oxygen atoms in total. The van der Waals surface area contributed by atoms with Gasteiger partial charge in [0.25, 0.3) is 0 Å². The summed E-state index contributed by atoms with van der Waals surface area (Å²) in [4.78, 5) is 17.0. The van der Waals surface area contributed by atoms with Gasteiger partial charge in [0.2, 0.25) is 0 Å². The Labute approximate surface area is 159 Å². The highest BCUT2D eigenvalue weighted by Gasteiger charge is 2.27. The first-order valence-electron chi connectivity index (χ1n) is 8.32. The second-order valence-corrected chi connectivity index (χ2v) is 6.63. The molecule has 1 atom stereocenters. The van der Waals surface area contributed by atoms with E-state index in [0.29, 0.717) is 36.6 Å². The lowest BCUT2D eigenvalue weighted by molar-refractivity contribution is -0.386. The number of nitrogens with zero attached hydrogens (tertiary/aromatic N) is 3. The zero-order valence-electron chi connectivity index (χ0n) is 14.1. The smallest absolute Gasteiger partial charge is 0.311 e. The van der Waals surface area contributed by atoms with Crippen LogP contribution in [0.3, 0.4) is 0 Å². The van der Waals surface area contributed by atoms with Gasteiger partial charge in [-0.3, -0.25) is 15.1 Å². The fraction of sp³-hybridized carbons (Fsp3) is 0.278. The molecular weight excluding hydrogens is 377 g/mol. The molecule has 0 aromatic heterocycles. The third kappa shape index (κ3) is 3.45. The number of nitro groups is 1. The van der Waals surface area contributed by atoms with Crippen molar-refractivity contribution in [1.29, 1.82) is 0 Å². The molecule has 0 bridgehead atoms. The standard InChI is InChI=1S/C18H15ClFN3O4/c19-14-6-12(1-2-15(14)20)22-10-21-8-11-5-17(23(24)25)18(7-16(11)22)27-13-3-4-26-9-13/h1-2,5-8,13H,3-4,9-10H2/t13-/m0/s1. The van der Waals surface area contributed by atoms with Crippen LogP contribution < -0.4 is 9.64 Å². The minimum absolute atomic E-state index is 0.00917. The van der Waals surface area contributed by atoms with Crippen molar-refractivity contribution >= 4 is 34.9 Å². The molecule has 2 heterocycles. The van der Waals surface area contributed by atoms with E-state index in [2.05, 4.69) is 4.99 Å². The predicted octanol–water partition coefficient (Wildman–Crippen LogP) is 4.08. The SMILES string of the molecule is O=[N+]([O-])c1cc2c(cc1O[C@H]1CCOC1)N(c1ccc(F)c(Cl)c1)CN=C2. The van der Waals surface area contributed by atoms with Gasteiger partial charge in [0, 0.05) is 36.0 Å². The Kier molecular flexibility index (Phi) is 4.67. The first kappa shape index (κ1) is 17.7. The Balaban J connectivity index is 1.77. The molecule has 9 heteroatoms. The number of anilines is 2. The van der Waals surface area contributed by atoms with Gasteiger partial charge in [-0.25, -0.2) is 4.39 Å². The molecular formula is C18H15ClFN3O4. The zero-order valence-corrected chi connectivity index (χ0v) is 14.9. The summed E-state index contributed by atoms with van der Waals surface area (Å²) < 4.78 is 24.6. The van der Waals surface area contributed by atoms with Crippen molar-refractivity contribution in [2.24, 2.45) is 4.99 Å². The van der Waals surface area contributed by atoms with Gasteiger partial charge in [-0.1, -0.05) is 11.6 Å². The van der Waals surface area contributed by atoms with E-state index < -0.39 is 10.7 Å². The molecule has 140 valence electrons. The first-order valence-corrected chi connectivity index (χ1v) is 8.70. The molecule has 1 saturated heterocycles. The third-order valence-corrected chi connectivity index (χ3v) is 4.74. The van der Waals surface area contributed by atoms with Crippen molar-refractivity contribution in [3.8, 4) is 5.75 Å². The van der Waals surface area contributed by atoms with E-state index in [1.165, 1.54) is 18.2 Å². The summed E-state index contributed by atoms with van der Waals surface area (Å²) in [6.45, 7) is 1.24. The van der Waals surface area contributed by atoms with Crippen LogP contribution in [0.5, 0.6) is 5.75 Å². The summed E-state index contributed by atoms with van der Waals surface area (Å²) in [5.74, 6) is -0.349. The molecule has 2 aliphatic rings. The van der Waals surface area contributed by atoms with Crippen LogP contribution in [0.15, 0.2) is 35.3 Å². The van der Waals surface area contributed by atoms with E-state index in [1.54, 1.807) is 23.2 Å². The largest absolute Gasteiger partial charge is 0.481 e. The number of rotatable bonds is 4. The molecule has 0 spiro atoms. The summed E-state index contributed by atoms with van der Waals surface area (Å²) in [6, 6.07) is 7.40. The number of benzene rings is 2. The maximum Gasteiger partial charge on any atom is 0.311 e. The van der Waals surface area contributed by atoms with Gasteiger partial charge in [-0.05, 0) is 18.2 Å². The average Bonchev–Trinajstić information content (AvgIpc) is 3.16. The van der Waals surface area contributed by atoms with Crippen LogP contribution in [0.25, 0.3) is 0 Å². The van der Waals surface area contributed by atoms with Crippen molar-refractivity contribution in [2.75, 3.05) is 24.8 Å². The summed E-state index contributed by atoms with van der Waals surface area (Å²) in [5, 5.41) is 11.5. The molecule has 2 aliphatic heterocycles. The normalized spacial score (nSPS) is 18.4. The summed E-state index contributed by atoms with van der Waals surface area (Å²) in [7, 11) is 0. The maximum absolute atomic E-state index is 13.5. The molecule has 0 amide bonds. The summed E-state index contributed by atoms with van der Waals surface area (Å²) in [5.41, 5.74) is 1.74. The molecule has 0 saturated carbocycles. The number of ether oxygens (including phenoxy) is 2. The molecule has 2 aromatic carbocycles. The molecule has 0 aliphatic carbocycles. The van der Waals surface area contributed by atoms with Crippen molar-refractivity contribution < 1.29 is 18.8 Å². The highest BCUT2D eigenvalue weighted by molar-refractivity contribution is 6.31. The quantitative estimate of drug-likeness (QED) is 0.579. The van der Waals surface area contributed by atoms with Gasteiger partial charge in [0.05, 0.1) is 28.8 Å². The van der Waals surface area contributed by atoms with Gasteiger partial charge in [0.15, 0.2) is 5.75 Å². The van der Waals surface area contributed by atoms with E-state index in [1.807, 2.05) is 0 Å². The third-order valence-electron chi connectivity index (χ3n) is 4.45. The molecule has 1 fully saturated rings. The molecule has 27 heavy (non-hydrogen) atoms. The number of hydrogen-bond donors (Lipinski definition) is 0.